The standard InChI is InChI=1S/C24H24N4O5S/c29-21(27-24-26-12-13-34-24)8-9-23(31)28(18-6-7-19-20(14-18)33-16-32-19)15-22(30)25-11-10-17-4-2-1-3-5-17/h1-7,12-14H,8-11,15-16H2,(H,25,30)(H,26,27,29). The predicted octanol–water partition coefficient (Wildman–Crippen LogP) is 2.98. The highest BCUT2D eigenvalue weighted by Crippen LogP contribution is 2.35. The normalized spacial score (nSPS) is 11.6. The second-order valence-electron chi connectivity index (χ2n) is 7.49. The van der Waals surface area contributed by atoms with Crippen LogP contribution in [0.4, 0.5) is 10.8 Å². The van der Waals surface area contributed by atoms with E-state index in [1.165, 1.54) is 16.2 Å². The van der Waals surface area contributed by atoms with Gasteiger partial charge in [0.2, 0.25) is 24.5 Å². The third-order valence-electron chi connectivity index (χ3n) is 5.09. The van der Waals surface area contributed by atoms with Gasteiger partial charge >= 0.3 is 0 Å². The molecule has 0 atom stereocenters. The fraction of sp³-hybridized carbons (Fsp3) is 0.250. The third kappa shape index (κ3) is 6.32. The summed E-state index contributed by atoms with van der Waals surface area (Å²) in [6, 6.07) is 14.9. The number of hydrogen-bond donors (Lipinski definition) is 2. The number of nitrogens with zero attached hydrogens (tertiary/aromatic N) is 2. The minimum absolute atomic E-state index is 0.0326. The number of carbonyl (C=O) groups is 3. The van der Waals surface area contributed by atoms with Crippen molar-refractivity contribution in [3.05, 3.63) is 65.7 Å². The van der Waals surface area contributed by atoms with Gasteiger partial charge in [0.15, 0.2) is 16.6 Å². The SMILES string of the molecule is O=C(CN(C(=O)CCC(=O)Nc1nccs1)c1ccc2c(c1)OCO2)NCCc1ccccc1. The molecule has 3 amide bonds. The quantitative estimate of drug-likeness (QED) is 0.462. The number of nitrogens with one attached hydrogen (secondary N) is 2. The number of rotatable bonds is 10. The number of ether oxygens (including phenoxy) is 2. The van der Waals surface area contributed by atoms with E-state index in [1.807, 2.05) is 30.3 Å². The van der Waals surface area contributed by atoms with Crippen molar-refractivity contribution in [3.8, 4) is 11.5 Å². The van der Waals surface area contributed by atoms with Gasteiger partial charge in [-0.05, 0) is 24.1 Å². The molecule has 1 aliphatic rings. The van der Waals surface area contributed by atoms with Crippen LogP contribution in [-0.4, -0.2) is 42.6 Å². The number of thiazole rings is 1. The first-order chi connectivity index (χ1) is 16.6. The number of anilines is 2. The van der Waals surface area contributed by atoms with Crippen molar-refractivity contribution < 1.29 is 23.9 Å². The maximum absolute atomic E-state index is 13.1. The molecule has 0 fully saturated rings. The Morgan fingerprint density at radius 3 is 2.62 bits per heavy atom. The number of aromatic nitrogens is 1. The van der Waals surface area contributed by atoms with Gasteiger partial charge in [-0.15, -0.1) is 11.3 Å². The van der Waals surface area contributed by atoms with Crippen molar-refractivity contribution >= 4 is 39.9 Å². The molecule has 0 aliphatic carbocycles. The van der Waals surface area contributed by atoms with Gasteiger partial charge in [0, 0.05) is 42.7 Å². The zero-order valence-electron chi connectivity index (χ0n) is 18.4. The summed E-state index contributed by atoms with van der Waals surface area (Å²) in [5.41, 5.74) is 1.60. The molecule has 0 unspecified atom stereocenters. The van der Waals surface area contributed by atoms with Gasteiger partial charge in [-0.1, -0.05) is 30.3 Å². The summed E-state index contributed by atoms with van der Waals surface area (Å²) in [6.07, 6.45) is 2.17. The summed E-state index contributed by atoms with van der Waals surface area (Å²) in [7, 11) is 0. The van der Waals surface area contributed by atoms with E-state index in [1.54, 1.807) is 29.8 Å². The molecular formula is C24H24N4O5S. The van der Waals surface area contributed by atoms with E-state index in [0.29, 0.717) is 35.3 Å². The molecular weight excluding hydrogens is 456 g/mol. The van der Waals surface area contributed by atoms with Gasteiger partial charge in [-0.2, -0.15) is 0 Å². The molecule has 34 heavy (non-hydrogen) atoms. The van der Waals surface area contributed by atoms with Gasteiger partial charge in [0.05, 0.1) is 0 Å². The van der Waals surface area contributed by atoms with E-state index >= 15 is 0 Å². The first-order valence-corrected chi connectivity index (χ1v) is 11.7. The van der Waals surface area contributed by atoms with Crippen LogP contribution in [0.25, 0.3) is 0 Å². The summed E-state index contributed by atoms with van der Waals surface area (Å²) >= 11 is 1.30. The Morgan fingerprint density at radius 2 is 1.82 bits per heavy atom. The summed E-state index contributed by atoms with van der Waals surface area (Å²) in [4.78, 5) is 43.3. The fourth-order valence-electron chi connectivity index (χ4n) is 3.39. The predicted molar refractivity (Wildman–Crippen MR) is 128 cm³/mol. The van der Waals surface area contributed by atoms with Crippen molar-refractivity contribution in [2.75, 3.05) is 30.1 Å². The summed E-state index contributed by atoms with van der Waals surface area (Å²) < 4.78 is 10.8. The van der Waals surface area contributed by atoms with Crippen LogP contribution >= 0.6 is 11.3 Å². The first kappa shape index (κ1) is 23.2. The molecule has 4 rings (SSSR count). The lowest BCUT2D eigenvalue weighted by Crippen LogP contribution is -2.41. The Labute approximate surface area is 200 Å². The minimum Gasteiger partial charge on any atom is -0.454 e. The lowest BCUT2D eigenvalue weighted by molar-refractivity contribution is -0.125. The van der Waals surface area contributed by atoms with E-state index in [2.05, 4.69) is 15.6 Å². The number of carbonyl (C=O) groups excluding carboxylic acids is 3. The van der Waals surface area contributed by atoms with Crippen LogP contribution in [0.15, 0.2) is 60.1 Å². The van der Waals surface area contributed by atoms with Gasteiger partial charge in [0.1, 0.15) is 6.54 Å². The average Bonchev–Trinajstić information content (AvgIpc) is 3.53. The Hall–Kier alpha value is -3.92. The molecule has 0 bridgehead atoms. The summed E-state index contributed by atoms with van der Waals surface area (Å²) in [5.74, 6) is 0.106. The fourth-order valence-corrected chi connectivity index (χ4v) is 3.93. The highest BCUT2D eigenvalue weighted by molar-refractivity contribution is 7.13. The molecule has 0 saturated heterocycles. The van der Waals surface area contributed by atoms with E-state index in [4.69, 9.17) is 9.47 Å². The second-order valence-corrected chi connectivity index (χ2v) is 8.38. The molecule has 1 aromatic heterocycles. The topological polar surface area (TPSA) is 110 Å². The number of fused-ring (bicyclic) bond motifs is 1. The Bertz CT molecular complexity index is 1140. The number of hydrogen-bond acceptors (Lipinski definition) is 7. The third-order valence-corrected chi connectivity index (χ3v) is 5.78. The molecule has 9 nitrogen and oxygen atoms in total. The van der Waals surface area contributed by atoms with Gasteiger partial charge in [-0.3, -0.25) is 14.4 Å². The second kappa shape index (κ2) is 11.3. The molecule has 0 saturated carbocycles. The smallest absolute Gasteiger partial charge is 0.240 e. The molecule has 1 aliphatic heterocycles. The molecule has 0 radical (unpaired) electrons. The molecule has 10 heteroatoms. The molecule has 2 heterocycles. The van der Waals surface area contributed by atoms with Crippen molar-refractivity contribution in [3.63, 3.8) is 0 Å². The van der Waals surface area contributed by atoms with Crippen LogP contribution in [0.3, 0.4) is 0 Å². The Balaban J connectivity index is 1.38. The zero-order chi connectivity index (χ0) is 23.8. The van der Waals surface area contributed by atoms with Crippen LogP contribution in [0.5, 0.6) is 11.5 Å². The van der Waals surface area contributed by atoms with Crippen LogP contribution in [0.2, 0.25) is 0 Å². The number of amides is 3. The molecule has 176 valence electrons. The van der Waals surface area contributed by atoms with E-state index in [-0.39, 0.29) is 43.9 Å². The van der Waals surface area contributed by atoms with Gasteiger partial charge < -0.3 is 25.0 Å². The number of benzene rings is 2. The zero-order valence-corrected chi connectivity index (χ0v) is 19.2. The summed E-state index contributed by atoms with van der Waals surface area (Å²) in [5, 5.41) is 7.74. The molecule has 0 spiro atoms. The van der Waals surface area contributed by atoms with Crippen LogP contribution < -0.4 is 25.0 Å². The lowest BCUT2D eigenvalue weighted by atomic mass is 10.1. The van der Waals surface area contributed by atoms with E-state index < -0.39 is 0 Å². The highest BCUT2D eigenvalue weighted by Gasteiger charge is 2.23. The van der Waals surface area contributed by atoms with Crippen molar-refractivity contribution in [1.29, 1.82) is 0 Å². The van der Waals surface area contributed by atoms with Gasteiger partial charge in [0.25, 0.3) is 0 Å². The maximum Gasteiger partial charge on any atom is 0.240 e. The first-order valence-electron chi connectivity index (χ1n) is 10.8. The molecule has 2 aromatic carbocycles. The van der Waals surface area contributed by atoms with E-state index in [0.717, 1.165) is 5.56 Å². The minimum atomic E-state index is -0.355. The largest absolute Gasteiger partial charge is 0.454 e. The van der Waals surface area contributed by atoms with Crippen LogP contribution in [0, 0.1) is 0 Å². The maximum atomic E-state index is 13.1. The van der Waals surface area contributed by atoms with E-state index in [9.17, 15) is 14.4 Å². The van der Waals surface area contributed by atoms with Gasteiger partial charge in [-0.25, -0.2) is 4.98 Å². The van der Waals surface area contributed by atoms with Crippen molar-refractivity contribution in [2.24, 2.45) is 0 Å². The molecule has 2 N–H and O–H groups in total. The Kier molecular flexibility index (Phi) is 7.71. The van der Waals surface area contributed by atoms with Crippen LogP contribution in [0.1, 0.15) is 18.4 Å². The lowest BCUT2D eigenvalue weighted by Gasteiger charge is -2.23. The van der Waals surface area contributed by atoms with Crippen molar-refractivity contribution in [1.82, 2.24) is 10.3 Å². The van der Waals surface area contributed by atoms with Crippen molar-refractivity contribution in [2.45, 2.75) is 19.3 Å². The highest BCUT2D eigenvalue weighted by atomic mass is 32.1. The average molecular weight is 481 g/mol. The molecule has 3 aromatic rings. The monoisotopic (exact) mass is 480 g/mol. The summed E-state index contributed by atoms with van der Waals surface area (Å²) in [6.45, 7) is 0.368. The Morgan fingerprint density at radius 1 is 1.00 bits per heavy atom. The van der Waals surface area contributed by atoms with Crippen LogP contribution in [-0.2, 0) is 20.8 Å².